The number of hydrogen-bond acceptors (Lipinski definition) is 8. The Morgan fingerprint density at radius 1 is 1.15 bits per heavy atom. The van der Waals surface area contributed by atoms with E-state index >= 15 is 14.0 Å². The Balaban J connectivity index is 1.53. The molecule has 2 fully saturated rings. The molecule has 2 aromatic carbocycles. The van der Waals surface area contributed by atoms with E-state index in [9.17, 15) is 5.11 Å². The SMILES string of the molecule is Cc1cc(F)c2c(c1C)C(O)=C1C(=O)[C@]3(O[Si](C)(C)C(C)(C)C)C(=O)C4C(OCc5ccccc5)=NOC4[C@@H](N(C)C)[C@@H]3C[C@@H]1C2. The van der Waals surface area contributed by atoms with Gasteiger partial charge in [0.1, 0.15) is 24.1 Å². The molecule has 1 aliphatic heterocycles. The van der Waals surface area contributed by atoms with Crippen LogP contribution in [0.4, 0.5) is 4.39 Å². The smallest absolute Gasteiger partial charge is 0.240 e. The summed E-state index contributed by atoms with van der Waals surface area (Å²) in [5, 5.41) is 15.8. The van der Waals surface area contributed by atoms with Crippen LogP contribution in [0.25, 0.3) is 5.76 Å². The number of aryl methyl sites for hydroxylation is 1. The first kappa shape index (κ1) is 32.6. The summed E-state index contributed by atoms with van der Waals surface area (Å²) in [7, 11) is 0.978. The lowest BCUT2D eigenvalue weighted by atomic mass is 9.54. The van der Waals surface area contributed by atoms with Gasteiger partial charge in [-0.05, 0) is 93.2 Å². The highest BCUT2D eigenvalue weighted by molar-refractivity contribution is 6.74. The van der Waals surface area contributed by atoms with Gasteiger partial charge in [0.05, 0.1) is 6.04 Å². The Morgan fingerprint density at radius 2 is 1.83 bits per heavy atom. The van der Waals surface area contributed by atoms with Crippen LogP contribution in [0.2, 0.25) is 18.1 Å². The van der Waals surface area contributed by atoms with Gasteiger partial charge < -0.3 is 24.0 Å². The number of carbonyl (C=O) groups is 2. The molecule has 2 aromatic rings. The second-order valence-electron chi connectivity index (χ2n) is 15.2. The van der Waals surface area contributed by atoms with Crippen LogP contribution in [-0.2, 0) is 36.6 Å². The van der Waals surface area contributed by atoms with E-state index in [0.717, 1.165) is 5.56 Å². The summed E-state index contributed by atoms with van der Waals surface area (Å²) in [6.07, 6.45) is -0.142. The predicted molar refractivity (Wildman–Crippen MR) is 176 cm³/mol. The normalized spacial score (nSPS) is 29.1. The molecule has 1 heterocycles. The summed E-state index contributed by atoms with van der Waals surface area (Å²) in [6, 6.07) is 10.6. The quantitative estimate of drug-likeness (QED) is 0.301. The van der Waals surface area contributed by atoms with Crippen LogP contribution < -0.4 is 0 Å². The average Bonchev–Trinajstić information content (AvgIpc) is 3.39. The molecule has 8 nitrogen and oxygen atoms in total. The average molecular weight is 649 g/mol. The summed E-state index contributed by atoms with van der Waals surface area (Å²) in [4.78, 5) is 38.5. The van der Waals surface area contributed by atoms with Crippen LogP contribution in [0.3, 0.4) is 0 Å². The van der Waals surface area contributed by atoms with Crippen molar-refractivity contribution in [3.8, 4) is 0 Å². The number of nitrogens with zero attached hydrogens (tertiary/aromatic N) is 2. The maximum absolute atomic E-state index is 15.4. The summed E-state index contributed by atoms with van der Waals surface area (Å²) >= 11 is 0. The first-order valence-corrected chi connectivity index (χ1v) is 19.0. The Hall–Kier alpha value is -3.34. The third-order valence-electron chi connectivity index (χ3n) is 11.2. The number of ketones is 2. The topological polar surface area (TPSA) is 97.7 Å². The zero-order chi connectivity index (χ0) is 33.5. The van der Waals surface area contributed by atoms with Crippen molar-refractivity contribution < 1.29 is 33.1 Å². The minimum Gasteiger partial charge on any atom is -0.507 e. The fraction of sp³-hybridized carbons (Fsp3) is 0.528. The van der Waals surface area contributed by atoms with Crippen molar-refractivity contribution in [2.24, 2.45) is 22.9 Å². The van der Waals surface area contributed by atoms with Gasteiger partial charge in [-0.15, -0.1) is 0 Å². The highest BCUT2D eigenvalue weighted by Gasteiger charge is 2.72. The van der Waals surface area contributed by atoms with E-state index in [-0.39, 0.29) is 35.3 Å². The molecule has 0 spiro atoms. The van der Waals surface area contributed by atoms with Gasteiger partial charge in [0.15, 0.2) is 25.8 Å². The van der Waals surface area contributed by atoms with Crippen LogP contribution >= 0.6 is 0 Å². The molecule has 1 N–H and O–H groups in total. The molecule has 0 amide bonds. The van der Waals surface area contributed by atoms with Gasteiger partial charge in [0.2, 0.25) is 11.7 Å². The Kier molecular flexibility index (Phi) is 7.89. The van der Waals surface area contributed by atoms with Crippen molar-refractivity contribution in [1.29, 1.82) is 0 Å². The number of likely N-dealkylation sites (N-methyl/N-ethyl adjacent to an activating group) is 1. The lowest BCUT2D eigenvalue weighted by molar-refractivity contribution is -0.178. The number of benzene rings is 2. The number of halogens is 1. The van der Waals surface area contributed by atoms with Crippen molar-refractivity contribution >= 4 is 31.5 Å². The molecule has 0 bridgehead atoms. The second kappa shape index (κ2) is 11.1. The van der Waals surface area contributed by atoms with Gasteiger partial charge in [-0.25, -0.2) is 4.39 Å². The Morgan fingerprint density at radius 3 is 2.46 bits per heavy atom. The summed E-state index contributed by atoms with van der Waals surface area (Å²) in [6.45, 7) is 14.0. The molecule has 0 radical (unpaired) electrons. The molecule has 46 heavy (non-hydrogen) atoms. The van der Waals surface area contributed by atoms with Crippen molar-refractivity contribution in [2.75, 3.05) is 14.1 Å². The summed E-state index contributed by atoms with van der Waals surface area (Å²) in [5.41, 5.74) is 1.28. The second-order valence-corrected chi connectivity index (χ2v) is 19.9. The number of ether oxygens (including phenoxy) is 1. The van der Waals surface area contributed by atoms with E-state index in [4.69, 9.17) is 14.0 Å². The predicted octanol–water partition coefficient (Wildman–Crippen LogP) is 6.29. The third kappa shape index (κ3) is 4.78. The van der Waals surface area contributed by atoms with Crippen LogP contribution in [-0.4, -0.2) is 67.6 Å². The molecule has 10 heteroatoms. The number of hydrogen-bond donors (Lipinski definition) is 1. The van der Waals surface area contributed by atoms with Crippen molar-refractivity contribution in [3.05, 3.63) is 75.6 Å². The maximum Gasteiger partial charge on any atom is 0.240 e. The maximum atomic E-state index is 15.4. The van der Waals surface area contributed by atoms with Gasteiger partial charge >= 0.3 is 0 Å². The molecule has 6 atom stereocenters. The van der Waals surface area contributed by atoms with E-state index in [0.29, 0.717) is 28.7 Å². The van der Waals surface area contributed by atoms with Crippen LogP contribution in [0.15, 0.2) is 47.1 Å². The molecule has 6 rings (SSSR count). The summed E-state index contributed by atoms with van der Waals surface area (Å²) < 4.78 is 28.7. The number of aliphatic hydroxyl groups is 1. The number of fused-ring (bicyclic) bond motifs is 4. The molecule has 0 aromatic heterocycles. The monoisotopic (exact) mass is 648 g/mol. The lowest BCUT2D eigenvalue weighted by Gasteiger charge is -2.57. The van der Waals surface area contributed by atoms with E-state index < -0.39 is 61.2 Å². The van der Waals surface area contributed by atoms with E-state index in [1.54, 1.807) is 6.92 Å². The number of Topliss-reactive ketones (excluding diaryl/α,β-unsaturated/α-hetero) is 2. The zero-order valence-corrected chi connectivity index (χ0v) is 29.2. The molecule has 2 unspecified atom stereocenters. The van der Waals surface area contributed by atoms with Gasteiger partial charge in [-0.1, -0.05) is 56.3 Å². The fourth-order valence-corrected chi connectivity index (χ4v) is 9.17. The molecule has 246 valence electrons. The highest BCUT2D eigenvalue weighted by Crippen LogP contribution is 2.56. The summed E-state index contributed by atoms with van der Waals surface area (Å²) in [5.74, 6) is -3.64. The first-order chi connectivity index (χ1) is 21.5. The van der Waals surface area contributed by atoms with E-state index in [2.05, 4.69) is 25.9 Å². The molecular weight excluding hydrogens is 603 g/mol. The minimum absolute atomic E-state index is 0.123. The third-order valence-corrected chi connectivity index (χ3v) is 15.6. The van der Waals surface area contributed by atoms with Crippen molar-refractivity contribution in [1.82, 2.24) is 4.90 Å². The van der Waals surface area contributed by atoms with E-state index in [1.165, 1.54) is 6.07 Å². The first-order valence-electron chi connectivity index (χ1n) is 16.1. The minimum atomic E-state index is -2.82. The Bertz CT molecular complexity index is 1660. The van der Waals surface area contributed by atoms with Gasteiger partial charge in [-0.2, -0.15) is 0 Å². The number of rotatable bonds is 5. The fourth-order valence-electron chi connectivity index (χ4n) is 7.72. The van der Waals surface area contributed by atoms with Crippen molar-refractivity contribution in [2.45, 2.75) is 89.9 Å². The van der Waals surface area contributed by atoms with Crippen LogP contribution in [0.5, 0.6) is 0 Å². The van der Waals surface area contributed by atoms with Gasteiger partial charge in [0.25, 0.3) is 0 Å². The van der Waals surface area contributed by atoms with E-state index in [1.807, 2.05) is 69.3 Å². The number of aliphatic hydroxyl groups excluding tert-OH is 1. The highest BCUT2D eigenvalue weighted by atomic mass is 28.4. The Labute approximate surface area is 271 Å². The molecule has 2 saturated carbocycles. The van der Waals surface area contributed by atoms with Gasteiger partial charge in [-0.3, -0.25) is 9.59 Å². The molecule has 4 aliphatic rings. The standard InChI is InChI=1S/C36H45FN2O6Si/c1-19-15-25(37)23-16-22-17-24-29(39(6)7)31-28(34(38-44-31)43-18-21-13-11-10-12-14-21)33(42)36(24,45-46(8,9)35(3,4)5)32(41)27(22)30(40)26(23)20(19)2/h10-15,22,24,28-29,31,40H,16-18H2,1-9H3/t22-,24-,28?,29-,31?,36-/m0/s1. The van der Waals surface area contributed by atoms with Gasteiger partial charge in [0, 0.05) is 17.1 Å². The molecule has 0 saturated heterocycles. The number of carbonyl (C=O) groups excluding carboxylic acids is 2. The largest absolute Gasteiger partial charge is 0.507 e. The zero-order valence-electron chi connectivity index (χ0n) is 28.2. The molecule has 3 aliphatic carbocycles. The number of oxime groups is 1. The van der Waals surface area contributed by atoms with Crippen LogP contribution in [0.1, 0.15) is 55.0 Å². The van der Waals surface area contributed by atoms with Crippen LogP contribution in [0, 0.1) is 37.4 Å². The lowest BCUT2D eigenvalue weighted by Crippen LogP contribution is -2.75. The van der Waals surface area contributed by atoms with Crippen molar-refractivity contribution in [3.63, 3.8) is 0 Å². The molecular formula is C36H45FN2O6Si.